The Morgan fingerprint density at radius 2 is 1.20 bits per heavy atom. The van der Waals surface area contributed by atoms with Gasteiger partial charge in [-0.3, -0.25) is 0 Å². The summed E-state index contributed by atoms with van der Waals surface area (Å²) in [6.45, 7) is 0. The molecule has 4 heteroatoms. The molecule has 0 spiro atoms. The van der Waals surface area contributed by atoms with Gasteiger partial charge in [0.2, 0.25) is 0 Å². The molecule has 0 aliphatic heterocycles. The van der Waals surface area contributed by atoms with Crippen LogP contribution in [0.1, 0.15) is 17.7 Å². The second-order valence-electron chi connectivity index (χ2n) is 11.9. The number of para-hydroxylation sites is 2. The molecule has 1 aliphatic rings. The summed E-state index contributed by atoms with van der Waals surface area (Å²) in [5, 5.41) is 12.8. The molecule has 1 aliphatic carbocycles. The van der Waals surface area contributed by atoms with E-state index in [4.69, 9.17) is 8.83 Å². The van der Waals surface area contributed by atoms with Crippen molar-refractivity contribution >= 4 is 89.1 Å². The zero-order chi connectivity index (χ0) is 29.0. The summed E-state index contributed by atoms with van der Waals surface area (Å²) in [5.41, 5.74) is 3.56. The first-order valence-electron chi connectivity index (χ1n) is 15.1. The Morgan fingerprint density at radius 1 is 0.523 bits per heavy atom. The molecular weight excluding hydrogens is 559 g/mol. The minimum atomic E-state index is -3.35. The summed E-state index contributed by atoms with van der Waals surface area (Å²) in [4.78, 5) is 0. The zero-order valence-electron chi connectivity index (χ0n) is 23.7. The summed E-state index contributed by atoms with van der Waals surface area (Å²) in [6, 6.07) is 41.8. The van der Waals surface area contributed by atoms with Gasteiger partial charge in [0.05, 0.1) is 0 Å². The summed E-state index contributed by atoms with van der Waals surface area (Å²) < 4.78 is 28.8. The summed E-state index contributed by atoms with van der Waals surface area (Å²) in [7, 11) is -3.35. The predicted octanol–water partition coefficient (Wildman–Crippen LogP) is 10.5. The normalized spacial score (nSPS) is 15.0. The maximum atomic E-state index is 16.4. The average molecular weight is 585 g/mol. The van der Waals surface area contributed by atoms with Gasteiger partial charge >= 0.3 is 0 Å². The van der Waals surface area contributed by atoms with Gasteiger partial charge in [0.25, 0.3) is 0 Å². The summed E-state index contributed by atoms with van der Waals surface area (Å²) >= 11 is 0. The van der Waals surface area contributed by atoms with Crippen LogP contribution in [-0.2, 0) is 11.0 Å². The molecule has 1 unspecified atom stereocenters. The fourth-order valence-corrected chi connectivity index (χ4v) is 10.6. The highest BCUT2D eigenvalue weighted by Crippen LogP contribution is 2.58. The van der Waals surface area contributed by atoms with Crippen molar-refractivity contribution in [3.63, 3.8) is 0 Å². The second-order valence-corrected chi connectivity index (χ2v) is 14.7. The molecule has 7 aromatic carbocycles. The monoisotopic (exact) mass is 584 g/mol. The lowest BCUT2D eigenvalue weighted by Gasteiger charge is -2.27. The van der Waals surface area contributed by atoms with Gasteiger partial charge < -0.3 is 13.4 Å². The van der Waals surface area contributed by atoms with Crippen molar-refractivity contribution < 1.29 is 13.4 Å². The fourth-order valence-electron chi connectivity index (χ4n) is 7.55. The number of furan rings is 2. The Balaban J connectivity index is 1.32. The van der Waals surface area contributed by atoms with Crippen LogP contribution < -0.4 is 10.6 Å². The number of aryl methyl sites for hydroxylation is 1. The molecule has 10 rings (SSSR count). The van der Waals surface area contributed by atoms with Crippen molar-refractivity contribution in [3.8, 4) is 0 Å². The van der Waals surface area contributed by atoms with Crippen LogP contribution in [0, 0.1) is 0 Å². The van der Waals surface area contributed by atoms with Crippen molar-refractivity contribution in [2.75, 3.05) is 0 Å². The van der Waals surface area contributed by atoms with Crippen LogP contribution >= 0.6 is 7.14 Å². The van der Waals surface area contributed by atoms with E-state index in [0.717, 1.165) is 70.9 Å². The minimum Gasteiger partial charge on any atom is -0.460 e. The zero-order valence-corrected chi connectivity index (χ0v) is 24.6. The Labute approximate surface area is 252 Å². The first-order valence-corrected chi connectivity index (χ1v) is 16.8. The number of hydrogen-bond acceptors (Lipinski definition) is 3. The van der Waals surface area contributed by atoms with Crippen LogP contribution in [-0.4, -0.2) is 0 Å². The highest BCUT2D eigenvalue weighted by atomic mass is 31.2. The SMILES string of the molecule is O=P(C1=Cc2c(oc3ccccc23)CC1)(c1ccc2oc3ccccc3c2c1)c1ccc2ccc3cccc4ccc1c2c34. The predicted molar refractivity (Wildman–Crippen MR) is 183 cm³/mol. The standard InChI is InChI=1S/C40H25O3P/c41-44(27-16-19-36-32(22-27)29-8-1-3-10-34(29)42-36,28-17-20-37-33(23-28)30-9-2-4-11-35(30)43-37)38-21-15-26-13-12-24-6-5-7-25-14-18-31(38)40(26)39(24)25/h1-16,18-19,21-23H,17,20H2. The van der Waals surface area contributed by atoms with Crippen LogP contribution in [0.2, 0.25) is 0 Å². The van der Waals surface area contributed by atoms with E-state index in [1.165, 1.54) is 21.5 Å². The molecule has 0 N–H and O–H groups in total. The van der Waals surface area contributed by atoms with Crippen molar-refractivity contribution in [3.05, 3.63) is 138 Å². The minimum absolute atomic E-state index is 0.663. The molecule has 2 heterocycles. The number of allylic oxidation sites excluding steroid dienone is 1. The van der Waals surface area contributed by atoms with Gasteiger partial charge in [0.15, 0.2) is 7.14 Å². The number of rotatable bonds is 3. The maximum absolute atomic E-state index is 16.4. The number of fused-ring (bicyclic) bond motifs is 6. The smallest absolute Gasteiger partial charge is 0.167 e. The van der Waals surface area contributed by atoms with Gasteiger partial charge in [-0.1, -0.05) is 84.9 Å². The van der Waals surface area contributed by atoms with Gasteiger partial charge in [-0.2, -0.15) is 0 Å². The summed E-state index contributed by atoms with van der Waals surface area (Å²) in [5.74, 6) is 0.966. The molecular formula is C40H25O3P. The molecule has 2 aromatic heterocycles. The molecule has 0 amide bonds. The number of benzene rings is 7. The fraction of sp³-hybridized carbons (Fsp3) is 0.0500. The molecule has 9 aromatic rings. The van der Waals surface area contributed by atoms with Gasteiger partial charge in [-0.05, 0) is 86.5 Å². The third-order valence-corrected chi connectivity index (χ3v) is 12.8. The molecule has 0 saturated heterocycles. The Morgan fingerprint density at radius 3 is 2.05 bits per heavy atom. The van der Waals surface area contributed by atoms with E-state index < -0.39 is 7.14 Å². The largest absolute Gasteiger partial charge is 0.460 e. The van der Waals surface area contributed by atoms with Crippen molar-refractivity contribution in [2.45, 2.75) is 12.8 Å². The van der Waals surface area contributed by atoms with Gasteiger partial charge in [-0.25, -0.2) is 0 Å². The van der Waals surface area contributed by atoms with Gasteiger partial charge in [0, 0.05) is 38.8 Å². The Bertz CT molecular complexity index is 2690. The molecule has 0 radical (unpaired) electrons. The highest BCUT2D eigenvalue weighted by Gasteiger charge is 2.36. The van der Waals surface area contributed by atoms with Crippen LogP contribution in [0.3, 0.4) is 0 Å². The van der Waals surface area contributed by atoms with Crippen LogP contribution in [0.5, 0.6) is 0 Å². The second kappa shape index (κ2) is 8.72. The topological polar surface area (TPSA) is 43.4 Å². The lowest BCUT2D eigenvalue weighted by Crippen LogP contribution is -2.20. The molecule has 208 valence electrons. The maximum Gasteiger partial charge on any atom is 0.167 e. The molecule has 0 bridgehead atoms. The first kappa shape index (κ1) is 24.3. The molecule has 3 nitrogen and oxygen atoms in total. The highest BCUT2D eigenvalue weighted by molar-refractivity contribution is 7.83. The van der Waals surface area contributed by atoms with Crippen molar-refractivity contribution in [1.82, 2.24) is 0 Å². The quantitative estimate of drug-likeness (QED) is 0.153. The van der Waals surface area contributed by atoms with Crippen LogP contribution in [0.25, 0.3) is 71.3 Å². The van der Waals surface area contributed by atoms with Crippen LogP contribution in [0.15, 0.2) is 135 Å². The van der Waals surface area contributed by atoms with E-state index in [9.17, 15) is 0 Å². The lowest BCUT2D eigenvalue weighted by molar-refractivity contribution is 0.544. The molecule has 1 atom stereocenters. The third kappa shape index (κ3) is 3.20. The van der Waals surface area contributed by atoms with Crippen LogP contribution in [0.4, 0.5) is 0 Å². The third-order valence-electron chi connectivity index (χ3n) is 9.60. The van der Waals surface area contributed by atoms with E-state index in [-0.39, 0.29) is 0 Å². The van der Waals surface area contributed by atoms with Gasteiger partial charge in [0.1, 0.15) is 22.5 Å². The van der Waals surface area contributed by atoms with E-state index in [2.05, 4.69) is 78.9 Å². The molecule has 0 saturated carbocycles. The average Bonchev–Trinajstić information content (AvgIpc) is 3.64. The van der Waals surface area contributed by atoms with E-state index in [0.29, 0.717) is 12.8 Å². The van der Waals surface area contributed by atoms with E-state index >= 15 is 4.57 Å². The van der Waals surface area contributed by atoms with Crippen molar-refractivity contribution in [2.24, 2.45) is 0 Å². The molecule has 0 fully saturated rings. The van der Waals surface area contributed by atoms with Crippen molar-refractivity contribution in [1.29, 1.82) is 0 Å². The first-order chi connectivity index (χ1) is 21.7. The Hall–Kier alpha value is -5.11. The number of hydrogen-bond donors (Lipinski definition) is 0. The lowest BCUT2D eigenvalue weighted by atomic mass is 9.94. The Kier molecular flexibility index (Phi) is 4.83. The molecule has 44 heavy (non-hydrogen) atoms. The van der Waals surface area contributed by atoms with E-state index in [1.807, 2.05) is 48.5 Å². The summed E-state index contributed by atoms with van der Waals surface area (Å²) in [6.07, 6.45) is 3.54. The van der Waals surface area contributed by atoms with Gasteiger partial charge in [-0.15, -0.1) is 0 Å². The van der Waals surface area contributed by atoms with E-state index in [1.54, 1.807) is 0 Å².